The summed E-state index contributed by atoms with van der Waals surface area (Å²) in [4.78, 5) is 13.2. The van der Waals surface area contributed by atoms with Crippen molar-refractivity contribution in [3.05, 3.63) is 123 Å². The van der Waals surface area contributed by atoms with Crippen molar-refractivity contribution < 1.29 is 9.90 Å². The van der Waals surface area contributed by atoms with Crippen LogP contribution in [0.3, 0.4) is 0 Å². The highest BCUT2D eigenvalue weighted by Gasteiger charge is 2.39. The summed E-state index contributed by atoms with van der Waals surface area (Å²) in [7, 11) is 0. The first kappa shape index (κ1) is 22.9. The lowest BCUT2D eigenvalue weighted by Gasteiger charge is -2.27. The molecular formula is C27H24IN3O2. The van der Waals surface area contributed by atoms with Crippen LogP contribution >= 0.6 is 22.6 Å². The highest BCUT2D eigenvalue weighted by atomic mass is 127. The van der Waals surface area contributed by atoms with E-state index in [0.717, 1.165) is 26.2 Å². The van der Waals surface area contributed by atoms with E-state index < -0.39 is 11.5 Å². The SMILES string of the molecule is Cc1cc(/C=N\NC(=O)C(O)(c2ccccc2)c2ccccc2)c(C)n1-c1ccccc1I. The number of aliphatic hydroxyl groups is 1. The molecule has 0 spiro atoms. The lowest BCUT2D eigenvalue weighted by atomic mass is 9.85. The third kappa shape index (κ3) is 4.49. The van der Waals surface area contributed by atoms with Gasteiger partial charge in [0.1, 0.15) is 0 Å². The maximum atomic E-state index is 13.2. The molecule has 0 aliphatic carbocycles. The Bertz CT molecular complexity index is 1260. The van der Waals surface area contributed by atoms with Gasteiger partial charge in [0.15, 0.2) is 5.60 Å². The van der Waals surface area contributed by atoms with Gasteiger partial charge in [0, 0.05) is 20.5 Å². The molecule has 0 unspecified atom stereocenters. The zero-order valence-corrected chi connectivity index (χ0v) is 20.5. The van der Waals surface area contributed by atoms with E-state index in [1.807, 2.05) is 44.2 Å². The molecule has 166 valence electrons. The Morgan fingerprint density at radius 2 is 1.48 bits per heavy atom. The van der Waals surface area contributed by atoms with E-state index in [2.05, 4.69) is 49.8 Å². The summed E-state index contributed by atoms with van der Waals surface area (Å²) in [6, 6.07) is 27.9. The molecule has 1 heterocycles. The van der Waals surface area contributed by atoms with Gasteiger partial charge in [-0.05, 0) is 65.8 Å². The van der Waals surface area contributed by atoms with Crippen LogP contribution in [-0.2, 0) is 10.4 Å². The van der Waals surface area contributed by atoms with E-state index in [4.69, 9.17) is 0 Å². The predicted octanol–water partition coefficient (Wildman–Crippen LogP) is 5.08. The van der Waals surface area contributed by atoms with Crippen molar-refractivity contribution in [3.8, 4) is 5.69 Å². The number of hydrogen-bond acceptors (Lipinski definition) is 3. The number of aryl methyl sites for hydroxylation is 1. The van der Waals surface area contributed by atoms with Crippen molar-refractivity contribution in [1.29, 1.82) is 0 Å². The number of para-hydroxylation sites is 1. The monoisotopic (exact) mass is 549 g/mol. The van der Waals surface area contributed by atoms with E-state index in [9.17, 15) is 9.90 Å². The van der Waals surface area contributed by atoms with Crippen LogP contribution in [0.15, 0.2) is 96.1 Å². The van der Waals surface area contributed by atoms with Gasteiger partial charge in [-0.2, -0.15) is 5.10 Å². The molecule has 4 aromatic rings. The molecule has 2 N–H and O–H groups in total. The normalized spacial score (nSPS) is 11.6. The van der Waals surface area contributed by atoms with Crippen molar-refractivity contribution in [2.24, 2.45) is 5.10 Å². The summed E-state index contributed by atoms with van der Waals surface area (Å²) in [6.45, 7) is 4.05. The third-order valence-corrected chi connectivity index (χ3v) is 6.56. The molecular weight excluding hydrogens is 525 g/mol. The third-order valence-electron chi connectivity index (χ3n) is 5.65. The van der Waals surface area contributed by atoms with Gasteiger partial charge in [0.25, 0.3) is 5.91 Å². The fourth-order valence-corrected chi connectivity index (χ4v) is 4.58. The van der Waals surface area contributed by atoms with Gasteiger partial charge in [-0.3, -0.25) is 4.79 Å². The molecule has 0 bridgehead atoms. The molecule has 1 aromatic heterocycles. The van der Waals surface area contributed by atoms with Crippen LogP contribution in [0.2, 0.25) is 0 Å². The summed E-state index contributed by atoms with van der Waals surface area (Å²) in [5.41, 5.74) is 5.68. The number of hydrogen-bond donors (Lipinski definition) is 2. The van der Waals surface area contributed by atoms with Gasteiger partial charge in [-0.15, -0.1) is 0 Å². The molecule has 1 amide bonds. The van der Waals surface area contributed by atoms with E-state index >= 15 is 0 Å². The van der Waals surface area contributed by atoms with Gasteiger partial charge in [-0.1, -0.05) is 72.8 Å². The van der Waals surface area contributed by atoms with Crippen LogP contribution in [0.25, 0.3) is 5.69 Å². The summed E-state index contributed by atoms with van der Waals surface area (Å²) in [5, 5.41) is 15.7. The number of hydrazone groups is 1. The highest BCUT2D eigenvalue weighted by molar-refractivity contribution is 14.1. The minimum Gasteiger partial charge on any atom is -0.372 e. The first-order chi connectivity index (χ1) is 15.9. The Balaban J connectivity index is 1.62. The van der Waals surface area contributed by atoms with Crippen LogP contribution < -0.4 is 5.43 Å². The fraction of sp³-hybridized carbons (Fsp3) is 0.111. The molecule has 5 nitrogen and oxygen atoms in total. The Kier molecular flexibility index (Phi) is 6.76. The van der Waals surface area contributed by atoms with Crippen molar-refractivity contribution in [2.75, 3.05) is 0 Å². The molecule has 0 radical (unpaired) electrons. The smallest absolute Gasteiger partial charge is 0.281 e. The highest BCUT2D eigenvalue weighted by Crippen LogP contribution is 2.30. The number of carbonyl (C=O) groups excluding carboxylic acids is 1. The van der Waals surface area contributed by atoms with E-state index in [0.29, 0.717) is 11.1 Å². The second kappa shape index (κ2) is 9.72. The minimum atomic E-state index is -1.86. The van der Waals surface area contributed by atoms with E-state index in [1.54, 1.807) is 54.7 Å². The van der Waals surface area contributed by atoms with Crippen molar-refractivity contribution >= 4 is 34.7 Å². The van der Waals surface area contributed by atoms with Crippen LogP contribution in [-0.4, -0.2) is 21.8 Å². The van der Waals surface area contributed by atoms with Crippen molar-refractivity contribution in [3.63, 3.8) is 0 Å². The molecule has 0 fully saturated rings. The predicted molar refractivity (Wildman–Crippen MR) is 140 cm³/mol. The summed E-state index contributed by atoms with van der Waals surface area (Å²) in [5.74, 6) is -0.623. The van der Waals surface area contributed by atoms with E-state index in [-0.39, 0.29) is 0 Å². The largest absolute Gasteiger partial charge is 0.372 e. The van der Waals surface area contributed by atoms with Crippen molar-refractivity contribution in [1.82, 2.24) is 9.99 Å². The van der Waals surface area contributed by atoms with Crippen molar-refractivity contribution in [2.45, 2.75) is 19.4 Å². The van der Waals surface area contributed by atoms with Crippen LogP contribution in [0.5, 0.6) is 0 Å². The zero-order valence-electron chi connectivity index (χ0n) is 18.4. The molecule has 0 atom stereocenters. The number of halogens is 1. The molecule has 4 rings (SSSR count). The summed E-state index contributed by atoms with van der Waals surface area (Å²) >= 11 is 2.32. The summed E-state index contributed by atoms with van der Waals surface area (Å²) in [6.07, 6.45) is 1.61. The van der Waals surface area contributed by atoms with Crippen LogP contribution in [0.4, 0.5) is 0 Å². The number of nitrogens with one attached hydrogen (secondary N) is 1. The number of amides is 1. The maximum Gasteiger partial charge on any atom is 0.281 e. The summed E-state index contributed by atoms with van der Waals surface area (Å²) < 4.78 is 3.30. The number of carbonyl (C=O) groups is 1. The fourth-order valence-electron chi connectivity index (χ4n) is 3.95. The quantitative estimate of drug-likeness (QED) is 0.200. The van der Waals surface area contributed by atoms with Crippen LogP contribution in [0.1, 0.15) is 28.1 Å². The number of benzene rings is 3. The Morgan fingerprint density at radius 1 is 0.939 bits per heavy atom. The number of nitrogens with zero attached hydrogens (tertiary/aromatic N) is 2. The number of aromatic nitrogens is 1. The van der Waals surface area contributed by atoms with Gasteiger partial charge in [0.2, 0.25) is 0 Å². The Morgan fingerprint density at radius 3 is 2.06 bits per heavy atom. The first-order valence-corrected chi connectivity index (χ1v) is 11.6. The van der Waals surface area contributed by atoms with Gasteiger partial charge >= 0.3 is 0 Å². The second-order valence-electron chi connectivity index (χ2n) is 7.75. The van der Waals surface area contributed by atoms with Gasteiger partial charge < -0.3 is 9.67 Å². The number of rotatable bonds is 6. The zero-order chi connectivity index (χ0) is 23.4. The Labute approximate surface area is 206 Å². The average molecular weight is 549 g/mol. The first-order valence-electron chi connectivity index (χ1n) is 10.5. The van der Waals surface area contributed by atoms with Gasteiger partial charge in [-0.25, -0.2) is 5.43 Å². The Hall–Kier alpha value is -3.23. The topological polar surface area (TPSA) is 66.6 Å². The van der Waals surface area contributed by atoms with Crippen LogP contribution in [0, 0.1) is 17.4 Å². The lowest BCUT2D eigenvalue weighted by molar-refractivity contribution is -0.136. The van der Waals surface area contributed by atoms with E-state index in [1.165, 1.54) is 0 Å². The maximum absolute atomic E-state index is 13.2. The molecule has 0 aliphatic rings. The lowest BCUT2D eigenvalue weighted by Crippen LogP contribution is -2.43. The molecule has 0 saturated carbocycles. The minimum absolute atomic E-state index is 0.473. The molecule has 0 aliphatic heterocycles. The molecule has 6 heteroatoms. The second-order valence-corrected chi connectivity index (χ2v) is 8.92. The molecule has 0 saturated heterocycles. The van der Waals surface area contributed by atoms with Gasteiger partial charge in [0.05, 0.1) is 11.9 Å². The standard InChI is InChI=1S/C27H24IN3O2/c1-19-17-21(20(2)31(19)25-16-10-9-15-24(25)28)18-29-30-26(32)27(33,22-11-5-3-6-12-22)23-13-7-4-8-14-23/h3-18,33H,1-2H3,(H,30,32)/b29-18-. The average Bonchev–Trinajstić information content (AvgIpc) is 3.12. The molecule has 33 heavy (non-hydrogen) atoms. The molecule has 3 aromatic carbocycles.